The molecule has 19 heavy (non-hydrogen) atoms. The molecule has 0 amide bonds. The Morgan fingerprint density at radius 2 is 2.11 bits per heavy atom. The highest BCUT2D eigenvalue weighted by Gasteiger charge is 2.17. The molecule has 2 aromatic heterocycles. The van der Waals surface area contributed by atoms with Gasteiger partial charge in [0, 0.05) is 18.5 Å². The van der Waals surface area contributed by atoms with Crippen LogP contribution >= 0.6 is 11.8 Å². The summed E-state index contributed by atoms with van der Waals surface area (Å²) in [4.78, 5) is 16.4. The topological polar surface area (TPSA) is 105 Å². The second-order valence-electron chi connectivity index (χ2n) is 4.05. The second-order valence-corrected chi connectivity index (χ2v) is 5.31. The molecule has 1 fully saturated rings. The molecule has 0 bridgehead atoms. The number of nitrogens with two attached hydrogens (primary N) is 1. The minimum atomic E-state index is 0.190. The van der Waals surface area contributed by atoms with Crippen molar-refractivity contribution in [3.8, 4) is 5.95 Å². The van der Waals surface area contributed by atoms with Crippen LogP contribution in [0.1, 0.15) is 12.8 Å². The molecule has 2 aromatic rings. The predicted molar refractivity (Wildman–Crippen MR) is 68.9 cm³/mol. The standard InChI is InChI=1S/C10H13N7OS/c11-8-14-9(17-6-12-5-13-17)16-10(15-8)19-7-1-3-18-4-2-7/h5-7H,1-4H2,(H2,11,14,15,16). The number of ether oxygens (including phenoxy) is 1. The van der Waals surface area contributed by atoms with Crippen molar-refractivity contribution in [1.82, 2.24) is 29.7 Å². The third-order valence-electron chi connectivity index (χ3n) is 2.68. The van der Waals surface area contributed by atoms with Crippen molar-refractivity contribution >= 4 is 17.7 Å². The molecule has 100 valence electrons. The van der Waals surface area contributed by atoms with Crippen molar-refractivity contribution in [2.45, 2.75) is 23.2 Å². The molecule has 1 aliphatic heterocycles. The normalized spacial score (nSPS) is 16.6. The van der Waals surface area contributed by atoms with Gasteiger partial charge in [-0.15, -0.1) is 0 Å². The molecule has 0 aliphatic carbocycles. The molecule has 2 N–H and O–H groups in total. The Balaban J connectivity index is 1.81. The molecule has 1 aliphatic rings. The summed E-state index contributed by atoms with van der Waals surface area (Å²) in [7, 11) is 0. The number of anilines is 1. The van der Waals surface area contributed by atoms with Crippen LogP contribution in [-0.2, 0) is 4.74 Å². The molecule has 0 atom stereocenters. The van der Waals surface area contributed by atoms with Crippen molar-refractivity contribution < 1.29 is 4.74 Å². The molecule has 3 rings (SSSR count). The van der Waals surface area contributed by atoms with Crippen LogP contribution < -0.4 is 5.73 Å². The van der Waals surface area contributed by atoms with Gasteiger partial charge in [-0.05, 0) is 12.8 Å². The van der Waals surface area contributed by atoms with Crippen LogP contribution in [-0.4, -0.2) is 48.2 Å². The van der Waals surface area contributed by atoms with E-state index in [0.717, 1.165) is 26.1 Å². The van der Waals surface area contributed by atoms with Gasteiger partial charge in [-0.1, -0.05) is 11.8 Å². The molecule has 9 heteroatoms. The second kappa shape index (κ2) is 5.49. The molecule has 0 spiro atoms. The highest BCUT2D eigenvalue weighted by molar-refractivity contribution is 7.99. The molecule has 0 radical (unpaired) electrons. The summed E-state index contributed by atoms with van der Waals surface area (Å²) in [5.74, 6) is 0.578. The van der Waals surface area contributed by atoms with Crippen LogP contribution in [0.5, 0.6) is 0 Å². The smallest absolute Gasteiger partial charge is 0.257 e. The fraction of sp³-hybridized carbons (Fsp3) is 0.500. The lowest BCUT2D eigenvalue weighted by Gasteiger charge is -2.20. The Morgan fingerprint density at radius 3 is 2.84 bits per heavy atom. The molecule has 0 unspecified atom stereocenters. The van der Waals surface area contributed by atoms with Gasteiger partial charge in [-0.3, -0.25) is 0 Å². The van der Waals surface area contributed by atoms with E-state index in [-0.39, 0.29) is 5.95 Å². The van der Waals surface area contributed by atoms with E-state index in [4.69, 9.17) is 10.5 Å². The van der Waals surface area contributed by atoms with Crippen molar-refractivity contribution in [2.75, 3.05) is 18.9 Å². The Hall–Kier alpha value is -1.74. The SMILES string of the molecule is Nc1nc(SC2CCOCC2)nc(-n2cncn2)n1. The van der Waals surface area contributed by atoms with E-state index in [9.17, 15) is 0 Å². The number of nitrogen functional groups attached to an aromatic ring is 1. The first kappa shape index (κ1) is 12.3. The third-order valence-corrected chi connectivity index (χ3v) is 3.88. The number of nitrogens with zero attached hydrogens (tertiary/aromatic N) is 6. The fourth-order valence-corrected chi connectivity index (χ4v) is 2.78. The molecule has 0 saturated carbocycles. The third kappa shape index (κ3) is 2.99. The molecule has 1 saturated heterocycles. The maximum atomic E-state index is 5.71. The average molecular weight is 279 g/mol. The Labute approximate surface area is 113 Å². The Kier molecular flexibility index (Phi) is 3.56. The minimum Gasteiger partial charge on any atom is -0.381 e. The van der Waals surface area contributed by atoms with Gasteiger partial charge in [-0.2, -0.15) is 24.7 Å². The molecular formula is C10H13N7OS. The number of hydrogen-bond donors (Lipinski definition) is 1. The zero-order chi connectivity index (χ0) is 13.1. The van der Waals surface area contributed by atoms with Crippen LogP contribution in [0.2, 0.25) is 0 Å². The maximum Gasteiger partial charge on any atom is 0.257 e. The fourth-order valence-electron chi connectivity index (χ4n) is 1.77. The quantitative estimate of drug-likeness (QED) is 0.855. The van der Waals surface area contributed by atoms with Crippen LogP contribution in [0.4, 0.5) is 5.95 Å². The van der Waals surface area contributed by atoms with E-state index in [0.29, 0.717) is 16.4 Å². The van der Waals surface area contributed by atoms with Crippen LogP contribution in [0.3, 0.4) is 0 Å². The van der Waals surface area contributed by atoms with E-state index in [1.807, 2.05) is 0 Å². The van der Waals surface area contributed by atoms with Gasteiger partial charge >= 0.3 is 0 Å². The lowest BCUT2D eigenvalue weighted by Crippen LogP contribution is -2.18. The summed E-state index contributed by atoms with van der Waals surface area (Å²) in [6, 6.07) is 0. The van der Waals surface area contributed by atoms with Gasteiger partial charge in [0.25, 0.3) is 5.95 Å². The molecule has 3 heterocycles. The summed E-state index contributed by atoms with van der Waals surface area (Å²) >= 11 is 1.61. The van der Waals surface area contributed by atoms with Crippen LogP contribution in [0.25, 0.3) is 5.95 Å². The van der Waals surface area contributed by atoms with Gasteiger partial charge in [0.15, 0.2) is 5.16 Å². The van der Waals surface area contributed by atoms with Gasteiger partial charge in [0.1, 0.15) is 12.7 Å². The first-order valence-corrected chi connectivity index (χ1v) is 6.80. The first-order chi connectivity index (χ1) is 9.31. The van der Waals surface area contributed by atoms with Gasteiger partial charge in [0.05, 0.1) is 0 Å². The van der Waals surface area contributed by atoms with E-state index in [1.54, 1.807) is 11.8 Å². The molecular weight excluding hydrogens is 266 g/mol. The summed E-state index contributed by atoms with van der Waals surface area (Å²) in [6.45, 7) is 1.57. The lowest BCUT2D eigenvalue weighted by atomic mass is 10.2. The van der Waals surface area contributed by atoms with Crippen molar-refractivity contribution in [3.63, 3.8) is 0 Å². The Bertz CT molecular complexity index is 541. The summed E-state index contributed by atoms with van der Waals surface area (Å²) in [5.41, 5.74) is 5.71. The van der Waals surface area contributed by atoms with Crippen molar-refractivity contribution in [3.05, 3.63) is 12.7 Å². The van der Waals surface area contributed by atoms with E-state index in [1.165, 1.54) is 17.3 Å². The molecule has 0 aromatic carbocycles. The number of thioether (sulfide) groups is 1. The lowest BCUT2D eigenvalue weighted by molar-refractivity contribution is 0.1000. The largest absolute Gasteiger partial charge is 0.381 e. The monoisotopic (exact) mass is 279 g/mol. The van der Waals surface area contributed by atoms with Gasteiger partial charge in [-0.25, -0.2) is 4.98 Å². The average Bonchev–Trinajstić information content (AvgIpc) is 2.93. The molecule has 8 nitrogen and oxygen atoms in total. The predicted octanol–water partition coefficient (Wildman–Crippen LogP) is 0.306. The first-order valence-electron chi connectivity index (χ1n) is 5.92. The van der Waals surface area contributed by atoms with Crippen LogP contribution in [0, 0.1) is 0 Å². The Morgan fingerprint density at radius 1 is 1.26 bits per heavy atom. The van der Waals surface area contributed by atoms with Gasteiger partial charge in [0.2, 0.25) is 5.95 Å². The van der Waals surface area contributed by atoms with E-state index >= 15 is 0 Å². The zero-order valence-electron chi connectivity index (χ0n) is 10.1. The summed E-state index contributed by atoms with van der Waals surface area (Å²) in [6.07, 6.45) is 4.94. The van der Waals surface area contributed by atoms with E-state index < -0.39 is 0 Å². The minimum absolute atomic E-state index is 0.190. The number of hydrogen-bond acceptors (Lipinski definition) is 8. The van der Waals surface area contributed by atoms with Crippen LogP contribution in [0.15, 0.2) is 17.8 Å². The van der Waals surface area contributed by atoms with E-state index in [2.05, 4.69) is 25.0 Å². The van der Waals surface area contributed by atoms with Crippen molar-refractivity contribution in [2.24, 2.45) is 0 Å². The number of rotatable bonds is 3. The maximum absolute atomic E-state index is 5.71. The zero-order valence-corrected chi connectivity index (χ0v) is 11.0. The summed E-state index contributed by atoms with van der Waals surface area (Å²) in [5, 5.41) is 5.06. The summed E-state index contributed by atoms with van der Waals surface area (Å²) < 4.78 is 6.79. The highest BCUT2D eigenvalue weighted by atomic mass is 32.2. The van der Waals surface area contributed by atoms with Gasteiger partial charge < -0.3 is 10.5 Å². The number of aromatic nitrogens is 6. The highest BCUT2D eigenvalue weighted by Crippen LogP contribution is 2.27. The van der Waals surface area contributed by atoms with Crippen molar-refractivity contribution in [1.29, 1.82) is 0 Å².